The Morgan fingerprint density at radius 1 is 1.00 bits per heavy atom. The molecular weight excluding hydrogens is 294 g/mol. The highest BCUT2D eigenvalue weighted by atomic mass is 35.5. The molecule has 0 spiro atoms. The van der Waals surface area contributed by atoms with Crippen LogP contribution in [-0.4, -0.2) is 6.54 Å². The number of hydrogen-bond acceptors (Lipinski definition) is 2. The third kappa shape index (κ3) is 5.70. The van der Waals surface area contributed by atoms with Crippen LogP contribution >= 0.6 is 11.6 Å². The van der Waals surface area contributed by atoms with Crippen LogP contribution in [0.15, 0.2) is 48.5 Å². The number of benzene rings is 2. The second-order valence-corrected chi connectivity index (χ2v) is 5.83. The first-order chi connectivity index (χ1) is 10.8. The first-order valence-corrected chi connectivity index (χ1v) is 8.33. The fraction of sp³-hybridized carbons (Fsp3) is 0.368. The minimum atomic E-state index is 0.537. The van der Waals surface area contributed by atoms with Crippen molar-refractivity contribution in [2.75, 3.05) is 6.54 Å². The summed E-state index contributed by atoms with van der Waals surface area (Å²) in [5.41, 5.74) is 2.33. The number of nitrogens with one attached hydrogen (secondary N) is 1. The molecule has 0 fully saturated rings. The highest BCUT2D eigenvalue weighted by Gasteiger charge is 2.03. The molecule has 0 saturated carbocycles. The first-order valence-electron chi connectivity index (χ1n) is 7.95. The zero-order valence-corrected chi connectivity index (χ0v) is 13.9. The highest BCUT2D eigenvalue weighted by Crippen LogP contribution is 2.26. The van der Waals surface area contributed by atoms with E-state index in [0.717, 1.165) is 24.4 Å². The standard InChI is InChI=1S/C19H24ClNO/c1-2-3-7-12-21-14-17-10-11-19(18(20)13-17)22-15-16-8-5-4-6-9-16/h4-6,8-11,13,21H,2-3,7,12,14-15H2,1H3. The lowest BCUT2D eigenvalue weighted by atomic mass is 10.2. The maximum atomic E-state index is 6.31. The SMILES string of the molecule is CCCCCNCc1ccc(OCc2ccccc2)c(Cl)c1. The van der Waals surface area contributed by atoms with E-state index in [2.05, 4.69) is 18.3 Å². The van der Waals surface area contributed by atoms with Crippen molar-refractivity contribution in [3.05, 3.63) is 64.7 Å². The van der Waals surface area contributed by atoms with Crippen molar-refractivity contribution < 1.29 is 4.74 Å². The zero-order chi connectivity index (χ0) is 15.6. The van der Waals surface area contributed by atoms with Crippen molar-refractivity contribution in [2.24, 2.45) is 0 Å². The van der Waals surface area contributed by atoms with E-state index >= 15 is 0 Å². The molecule has 0 unspecified atom stereocenters. The van der Waals surface area contributed by atoms with Crippen molar-refractivity contribution >= 4 is 11.6 Å². The molecule has 2 rings (SSSR count). The second-order valence-electron chi connectivity index (χ2n) is 5.42. The lowest BCUT2D eigenvalue weighted by molar-refractivity contribution is 0.306. The molecule has 2 nitrogen and oxygen atoms in total. The molecule has 3 heteroatoms. The molecule has 22 heavy (non-hydrogen) atoms. The summed E-state index contributed by atoms with van der Waals surface area (Å²) in [5.74, 6) is 0.736. The second kappa shape index (κ2) is 9.50. The molecule has 0 radical (unpaired) electrons. The summed E-state index contributed by atoms with van der Waals surface area (Å²) in [7, 11) is 0. The number of ether oxygens (including phenoxy) is 1. The quantitative estimate of drug-likeness (QED) is 0.642. The van der Waals surface area contributed by atoms with Crippen LogP contribution in [0.1, 0.15) is 37.3 Å². The van der Waals surface area contributed by atoms with Gasteiger partial charge in [-0.1, -0.05) is 67.8 Å². The van der Waals surface area contributed by atoms with Gasteiger partial charge in [-0.3, -0.25) is 0 Å². The predicted molar refractivity (Wildman–Crippen MR) is 93.5 cm³/mol. The molecule has 0 heterocycles. The largest absolute Gasteiger partial charge is 0.487 e. The van der Waals surface area contributed by atoms with E-state index in [0.29, 0.717) is 11.6 Å². The summed E-state index contributed by atoms with van der Waals surface area (Å²) < 4.78 is 5.78. The van der Waals surface area contributed by atoms with Gasteiger partial charge in [0.05, 0.1) is 5.02 Å². The van der Waals surface area contributed by atoms with Crippen LogP contribution in [0.5, 0.6) is 5.75 Å². The third-order valence-electron chi connectivity index (χ3n) is 3.52. The van der Waals surface area contributed by atoms with Gasteiger partial charge in [0.1, 0.15) is 12.4 Å². The average molecular weight is 318 g/mol. The van der Waals surface area contributed by atoms with Gasteiger partial charge in [0.2, 0.25) is 0 Å². The fourth-order valence-electron chi connectivity index (χ4n) is 2.24. The van der Waals surface area contributed by atoms with E-state index < -0.39 is 0 Å². The Labute approximate surface area is 138 Å². The maximum absolute atomic E-state index is 6.31. The summed E-state index contributed by atoms with van der Waals surface area (Å²) in [4.78, 5) is 0. The number of halogens is 1. The van der Waals surface area contributed by atoms with E-state index in [9.17, 15) is 0 Å². The van der Waals surface area contributed by atoms with Gasteiger partial charge in [0.25, 0.3) is 0 Å². The van der Waals surface area contributed by atoms with Crippen molar-refractivity contribution in [3.63, 3.8) is 0 Å². The van der Waals surface area contributed by atoms with Gasteiger partial charge in [-0.2, -0.15) is 0 Å². The monoisotopic (exact) mass is 317 g/mol. The minimum Gasteiger partial charge on any atom is -0.487 e. The molecule has 0 atom stereocenters. The van der Waals surface area contributed by atoms with Crippen molar-refractivity contribution in [1.82, 2.24) is 5.32 Å². The predicted octanol–water partition coefficient (Wildman–Crippen LogP) is 5.20. The van der Waals surface area contributed by atoms with E-state index in [-0.39, 0.29) is 0 Å². The summed E-state index contributed by atoms with van der Waals surface area (Å²) >= 11 is 6.31. The van der Waals surface area contributed by atoms with Crippen LogP contribution < -0.4 is 10.1 Å². The molecule has 0 saturated heterocycles. The van der Waals surface area contributed by atoms with Crippen LogP contribution in [0.4, 0.5) is 0 Å². The molecule has 1 N–H and O–H groups in total. The lowest BCUT2D eigenvalue weighted by Gasteiger charge is -2.10. The summed E-state index contributed by atoms with van der Waals surface area (Å²) in [6.45, 7) is 4.66. The fourth-order valence-corrected chi connectivity index (χ4v) is 2.50. The molecule has 2 aromatic rings. The van der Waals surface area contributed by atoms with Gasteiger partial charge >= 0.3 is 0 Å². The van der Waals surface area contributed by atoms with Crippen LogP contribution in [0.25, 0.3) is 0 Å². The van der Waals surface area contributed by atoms with Crippen molar-refractivity contribution in [1.29, 1.82) is 0 Å². The van der Waals surface area contributed by atoms with Gasteiger partial charge in [-0.25, -0.2) is 0 Å². The smallest absolute Gasteiger partial charge is 0.138 e. The van der Waals surface area contributed by atoms with Crippen molar-refractivity contribution in [2.45, 2.75) is 39.3 Å². The van der Waals surface area contributed by atoms with Gasteiger partial charge in [-0.15, -0.1) is 0 Å². The molecule has 0 bridgehead atoms. The zero-order valence-electron chi connectivity index (χ0n) is 13.1. The first kappa shape index (κ1) is 16.9. The van der Waals surface area contributed by atoms with Crippen LogP contribution in [-0.2, 0) is 13.2 Å². The summed E-state index contributed by atoms with van der Waals surface area (Å²) in [5, 5.41) is 4.11. The number of hydrogen-bond donors (Lipinski definition) is 1. The Morgan fingerprint density at radius 3 is 2.55 bits per heavy atom. The Balaban J connectivity index is 1.81. The molecule has 0 amide bonds. The molecule has 0 aliphatic heterocycles. The van der Waals surface area contributed by atoms with Crippen LogP contribution in [0.3, 0.4) is 0 Å². The minimum absolute atomic E-state index is 0.537. The molecule has 2 aromatic carbocycles. The normalized spacial score (nSPS) is 10.6. The number of rotatable bonds is 9. The maximum Gasteiger partial charge on any atom is 0.138 e. The van der Waals surface area contributed by atoms with Gasteiger partial charge in [0, 0.05) is 6.54 Å². The molecular formula is C19H24ClNO. The van der Waals surface area contributed by atoms with Gasteiger partial charge in [0.15, 0.2) is 0 Å². The molecule has 0 aliphatic rings. The van der Waals surface area contributed by atoms with E-state index in [1.807, 2.05) is 42.5 Å². The lowest BCUT2D eigenvalue weighted by Crippen LogP contribution is -2.14. The van der Waals surface area contributed by atoms with Crippen LogP contribution in [0.2, 0.25) is 5.02 Å². The Hall–Kier alpha value is -1.51. The summed E-state index contributed by atoms with van der Waals surface area (Å²) in [6.07, 6.45) is 3.75. The molecule has 0 aromatic heterocycles. The highest BCUT2D eigenvalue weighted by molar-refractivity contribution is 6.32. The van der Waals surface area contributed by atoms with E-state index in [4.69, 9.17) is 16.3 Å². The Bertz CT molecular complexity index is 557. The van der Waals surface area contributed by atoms with E-state index in [1.54, 1.807) is 0 Å². The van der Waals surface area contributed by atoms with Gasteiger partial charge in [-0.05, 0) is 36.2 Å². The molecule has 0 aliphatic carbocycles. The Morgan fingerprint density at radius 2 is 1.82 bits per heavy atom. The summed E-state index contributed by atoms with van der Waals surface area (Å²) in [6, 6.07) is 16.1. The van der Waals surface area contributed by atoms with Gasteiger partial charge < -0.3 is 10.1 Å². The third-order valence-corrected chi connectivity index (χ3v) is 3.82. The Kier molecular flexibility index (Phi) is 7.27. The van der Waals surface area contributed by atoms with E-state index in [1.165, 1.54) is 24.8 Å². The van der Waals surface area contributed by atoms with Crippen molar-refractivity contribution in [3.8, 4) is 5.75 Å². The average Bonchev–Trinajstić information content (AvgIpc) is 2.55. The number of unbranched alkanes of at least 4 members (excludes halogenated alkanes) is 2. The topological polar surface area (TPSA) is 21.3 Å². The van der Waals surface area contributed by atoms with Crippen LogP contribution in [0, 0.1) is 0 Å². The molecule has 118 valence electrons.